The number of imidazole rings is 1. The minimum atomic E-state index is -0.149. The molecule has 0 bridgehead atoms. The number of nitrogens with zero attached hydrogens (tertiary/aromatic N) is 1. The molecule has 0 fully saturated rings. The van der Waals surface area contributed by atoms with E-state index in [0.717, 1.165) is 22.3 Å². The van der Waals surface area contributed by atoms with Crippen molar-refractivity contribution in [3.05, 3.63) is 58.0 Å². The molecule has 1 heterocycles. The Kier molecular flexibility index (Phi) is 2.45. The number of nitrogens with one attached hydrogen (secondary N) is 1. The maximum absolute atomic E-state index is 12.1. The maximum atomic E-state index is 12.1. The smallest absolute Gasteiger partial charge is 0.331 e. The van der Waals surface area contributed by atoms with Crippen molar-refractivity contribution in [2.45, 2.75) is 13.8 Å². The standard InChI is InChI=1S/C15H15N3O/c1-9-3-5-12(7-10(9)2)18-14-6-4-11(16)8-13(14)17-15(18)19/h3-8H,16H2,1-2H3,(H,17,19). The van der Waals surface area contributed by atoms with Gasteiger partial charge in [0.2, 0.25) is 0 Å². The summed E-state index contributed by atoms with van der Waals surface area (Å²) in [6.45, 7) is 4.09. The summed E-state index contributed by atoms with van der Waals surface area (Å²) in [5.41, 5.74) is 11.0. The summed E-state index contributed by atoms with van der Waals surface area (Å²) in [4.78, 5) is 14.9. The van der Waals surface area contributed by atoms with Gasteiger partial charge in [-0.3, -0.25) is 4.57 Å². The lowest BCUT2D eigenvalue weighted by Gasteiger charge is -2.06. The molecule has 0 aliphatic heterocycles. The van der Waals surface area contributed by atoms with Crippen LogP contribution < -0.4 is 11.4 Å². The van der Waals surface area contributed by atoms with Crippen molar-refractivity contribution in [3.63, 3.8) is 0 Å². The van der Waals surface area contributed by atoms with E-state index < -0.39 is 0 Å². The zero-order chi connectivity index (χ0) is 13.6. The number of aromatic amines is 1. The second-order valence-corrected chi connectivity index (χ2v) is 4.81. The minimum Gasteiger partial charge on any atom is -0.399 e. The van der Waals surface area contributed by atoms with Crippen molar-refractivity contribution in [1.29, 1.82) is 0 Å². The lowest BCUT2D eigenvalue weighted by atomic mass is 10.1. The van der Waals surface area contributed by atoms with Gasteiger partial charge < -0.3 is 10.7 Å². The van der Waals surface area contributed by atoms with Crippen LogP contribution in [0.25, 0.3) is 16.7 Å². The molecular formula is C15H15N3O. The van der Waals surface area contributed by atoms with E-state index in [1.165, 1.54) is 5.56 Å². The molecule has 3 aromatic rings. The van der Waals surface area contributed by atoms with Crippen LogP contribution in [0.4, 0.5) is 5.69 Å². The van der Waals surface area contributed by atoms with Crippen molar-refractivity contribution < 1.29 is 0 Å². The Morgan fingerprint density at radius 2 is 1.84 bits per heavy atom. The predicted molar refractivity (Wildman–Crippen MR) is 77.8 cm³/mol. The second-order valence-electron chi connectivity index (χ2n) is 4.81. The zero-order valence-electron chi connectivity index (χ0n) is 10.9. The number of rotatable bonds is 1. The van der Waals surface area contributed by atoms with Crippen LogP contribution in [0.3, 0.4) is 0 Å². The summed E-state index contributed by atoms with van der Waals surface area (Å²) in [5, 5.41) is 0. The Bertz CT molecular complexity index is 827. The molecule has 0 atom stereocenters. The average molecular weight is 253 g/mol. The number of nitrogens with two attached hydrogens (primary N) is 1. The normalized spacial score (nSPS) is 11.1. The van der Waals surface area contributed by atoms with Gasteiger partial charge in [0.05, 0.1) is 16.7 Å². The first-order valence-corrected chi connectivity index (χ1v) is 6.14. The Morgan fingerprint density at radius 3 is 2.58 bits per heavy atom. The largest absolute Gasteiger partial charge is 0.399 e. The number of nitrogen functional groups attached to an aromatic ring is 1. The molecule has 96 valence electrons. The molecule has 0 spiro atoms. The third-order valence-corrected chi connectivity index (χ3v) is 3.45. The van der Waals surface area contributed by atoms with Gasteiger partial charge in [-0.25, -0.2) is 4.79 Å². The van der Waals surface area contributed by atoms with Gasteiger partial charge in [-0.15, -0.1) is 0 Å². The molecule has 4 heteroatoms. The third-order valence-electron chi connectivity index (χ3n) is 3.45. The van der Waals surface area contributed by atoms with Crippen molar-refractivity contribution >= 4 is 16.7 Å². The van der Waals surface area contributed by atoms with Gasteiger partial charge in [0.15, 0.2) is 0 Å². The van der Waals surface area contributed by atoms with E-state index in [4.69, 9.17) is 5.73 Å². The molecule has 1 aromatic heterocycles. The molecular weight excluding hydrogens is 238 g/mol. The van der Waals surface area contributed by atoms with E-state index in [1.807, 2.05) is 31.2 Å². The molecule has 3 N–H and O–H groups in total. The Hall–Kier alpha value is -2.49. The van der Waals surface area contributed by atoms with Crippen LogP contribution in [-0.4, -0.2) is 9.55 Å². The molecule has 0 aliphatic rings. The van der Waals surface area contributed by atoms with Gasteiger partial charge in [-0.2, -0.15) is 0 Å². The first-order valence-electron chi connectivity index (χ1n) is 6.14. The molecule has 0 saturated carbocycles. The highest BCUT2D eigenvalue weighted by Gasteiger charge is 2.09. The summed E-state index contributed by atoms with van der Waals surface area (Å²) >= 11 is 0. The number of fused-ring (bicyclic) bond motifs is 1. The monoisotopic (exact) mass is 253 g/mol. The number of H-pyrrole nitrogens is 1. The fourth-order valence-electron chi connectivity index (χ4n) is 2.25. The van der Waals surface area contributed by atoms with Crippen LogP contribution in [0.1, 0.15) is 11.1 Å². The van der Waals surface area contributed by atoms with Crippen molar-refractivity contribution in [1.82, 2.24) is 9.55 Å². The molecule has 19 heavy (non-hydrogen) atoms. The summed E-state index contributed by atoms with van der Waals surface area (Å²) < 4.78 is 1.67. The predicted octanol–water partition coefficient (Wildman–Crippen LogP) is 2.52. The highest BCUT2D eigenvalue weighted by Crippen LogP contribution is 2.19. The summed E-state index contributed by atoms with van der Waals surface area (Å²) in [7, 11) is 0. The number of benzene rings is 2. The Balaban J connectivity index is 2.32. The molecule has 4 nitrogen and oxygen atoms in total. The SMILES string of the molecule is Cc1ccc(-n2c(=O)[nH]c3cc(N)ccc32)cc1C. The van der Waals surface area contributed by atoms with E-state index in [2.05, 4.69) is 11.9 Å². The fraction of sp³-hybridized carbons (Fsp3) is 0.133. The Labute approximate surface area is 110 Å². The Morgan fingerprint density at radius 1 is 1.05 bits per heavy atom. The lowest BCUT2D eigenvalue weighted by molar-refractivity contribution is 1.01. The number of anilines is 1. The number of aromatic nitrogens is 2. The van der Waals surface area contributed by atoms with Crippen LogP contribution in [0.2, 0.25) is 0 Å². The summed E-state index contributed by atoms with van der Waals surface area (Å²) in [6.07, 6.45) is 0. The highest BCUT2D eigenvalue weighted by atomic mass is 16.1. The molecule has 0 amide bonds. The number of aryl methyl sites for hydroxylation is 2. The van der Waals surface area contributed by atoms with Gasteiger partial charge in [0.1, 0.15) is 0 Å². The van der Waals surface area contributed by atoms with Crippen LogP contribution in [0.15, 0.2) is 41.2 Å². The van der Waals surface area contributed by atoms with Gasteiger partial charge in [-0.05, 0) is 55.3 Å². The van der Waals surface area contributed by atoms with Crippen LogP contribution in [0, 0.1) is 13.8 Å². The lowest BCUT2D eigenvalue weighted by Crippen LogP contribution is -2.14. The van der Waals surface area contributed by atoms with E-state index in [-0.39, 0.29) is 5.69 Å². The third kappa shape index (κ3) is 1.81. The van der Waals surface area contributed by atoms with Gasteiger partial charge >= 0.3 is 5.69 Å². The number of hydrogen-bond donors (Lipinski definition) is 2. The first kappa shape index (κ1) is 11.6. The zero-order valence-corrected chi connectivity index (χ0v) is 10.9. The average Bonchev–Trinajstić information content (AvgIpc) is 2.68. The van der Waals surface area contributed by atoms with Crippen molar-refractivity contribution in [2.75, 3.05) is 5.73 Å². The summed E-state index contributed by atoms with van der Waals surface area (Å²) in [6, 6.07) is 11.4. The van der Waals surface area contributed by atoms with E-state index in [0.29, 0.717) is 5.69 Å². The molecule has 0 saturated heterocycles. The molecule has 0 unspecified atom stereocenters. The quantitative estimate of drug-likeness (QED) is 0.654. The fourth-order valence-corrected chi connectivity index (χ4v) is 2.25. The molecule has 0 radical (unpaired) electrons. The van der Waals surface area contributed by atoms with Crippen molar-refractivity contribution in [3.8, 4) is 5.69 Å². The summed E-state index contributed by atoms with van der Waals surface area (Å²) in [5.74, 6) is 0. The van der Waals surface area contributed by atoms with Crippen LogP contribution in [0.5, 0.6) is 0 Å². The van der Waals surface area contributed by atoms with Gasteiger partial charge in [0, 0.05) is 5.69 Å². The van der Waals surface area contributed by atoms with E-state index in [1.54, 1.807) is 16.7 Å². The highest BCUT2D eigenvalue weighted by molar-refractivity contribution is 5.80. The molecule has 2 aromatic carbocycles. The van der Waals surface area contributed by atoms with Crippen LogP contribution in [-0.2, 0) is 0 Å². The maximum Gasteiger partial charge on any atom is 0.331 e. The topological polar surface area (TPSA) is 63.8 Å². The first-order chi connectivity index (χ1) is 9.06. The van der Waals surface area contributed by atoms with Crippen LogP contribution >= 0.6 is 0 Å². The van der Waals surface area contributed by atoms with E-state index in [9.17, 15) is 4.79 Å². The van der Waals surface area contributed by atoms with Gasteiger partial charge in [-0.1, -0.05) is 6.07 Å². The molecule has 0 aliphatic carbocycles. The second kappa shape index (κ2) is 4.02. The van der Waals surface area contributed by atoms with Crippen molar-refractivity contribution in [2.24, 2.45) is 0 Å². The number of hydrogen-bond acceptors (Lipinski definition) is 2. The minimum absolute atomic E-state index is 0.149. The van der Waals surface area contributed by atoms with E-state index >= 15 is 0 Å². The molecule has 3 rings (SSSR count). The van der Waals surface area contributed by atoms with Gasteiger partial charge in [0.25, 0.3) is 0 Å².